The van der Waals surface area contributed by atoms with Crippen molar-refractivity contribution in [3.8, 4) is 22.1 Å². The van der Waals surface area contributed by atoms with Crippen molar-refractivity contribution in [2.45, 2.75) is 19.1 Å². The molecular formula is C28H26FN3O4S. The first-order valence-corrected chi connectivity index (χ1v) is 13.1. The summed E-state index contributed by atoms with van der Waals surface area (Å²) in [6, 6.07) is 12.3. The van der Waals surface area contributed by atoms with Gasteiger partial charge >= 0.3 is 0 Å². The predicted octanol–water partition coefficient (Wildman–Crippen LogP) is 5.40. The largest absolute Gasteiger partial charge is 0.453 e. The van der Waals surface area contributed by atoms with Crippen molar-refractivity contribution < 1.29 is 23.4 Å². The number of aromatic nitrogens is 2. The van der Waals surface area contributed by atoms with Crippen LogP contribution < -0.4 is 4.74 Å². The van der Waals surface area contributed by atoms with E-state index in [1.807, 2.05) is 25.2 Å². The van der Waals surface area contributed by atoms with Crippen molar-refractivity contribution >= 4 is 27.3 Å². The van der Waals surface area contributed by atoms with E-state index in [4.69, 9.17) is 14.2 Å². The second-order valence-electron chi connectivity index (χ2n) is 9.56. The fourth-order valence-electron chi connectivity index (χ4n) is 4.80. The van der Waals surface area contributed by atoms with E-state index in [9.17, 15) is 9.18 Å². The van der Waals surface area contributed by atoms with Crippen LogP contribution in [0.25, 0.3) is 20.8 Å². The van der Waals surface area contributed by atoms with Gasteiger partial charge in [-0.2, -0.15) is 0 Å². The number of hydrogen-bond donors (Lipinski definition) is 0. The van der Waals surface area contributed by atoms with Gasteiger partial charge in [0.1, 0.15) is 11.5 Å². The van der Waals surface area contributed by atoms with Crippen LogP contribution in [0.3, 0.4) is 0 Å². The predicted molar refractivity (Wildman–Crippen MR) is 138 cm³/mol. The van der Waals surface area contributed by atoms with Gasteiger partial charge in [0, 0.05) is 50.0 Å². The molecule has 2 saturated heterocycles. The molecule has 2 fully saturated rings. The zero-order valence-corrected chi connectivity index (χ0v) is 21.2. The Labute approximate surface area is 217 Å². The number of nitrogens with zero attached hydrogens (tertiary/aromatic N) is 3. The van der Waals surface area contributed by atoms with Crippen LogP contribution in [0.15, 0.2) is 54.9 Å². The zero-order valence-electron chi connectivity index (χ0n) is 20.4. The SMILES string of the molecule is CN1CC(CC(=O)Cc2ccc(Oc3ccnc4cc(-c5ccc(C6OCCO6)cn5)sc34)c(F)c2)C1. The molecule has 6 rings (SSSR count). The quantitative estimate of drug-likeness (QED) is 0.309. The van der Waals surface area contributed by atoms with E-state index in [-0.39, 0.29) is 24.2 Å². The second kappa shape index (κ2) is 10.3. The number of carbonyl (C=O) groups is 1. The first kappa shape index (κ1) is 24.1. The Hall–Kier alpha value is -3.24. The summed E-state index contributed by atoms with van der Waals surface area (Å²) in [7, 11) is 2.04. The van der Waals surface area contributed by atoms with E-state index in [0.717, 1.165) is 39.4 Å². The number of thiophene rings is 1. The molecule has 2 aliphatic rings. The molecule has 2 aliphatic heterocycles. The number of Topliss-reactive ketones (excluding diaryl/α,β-unsaturated/α-hetero) is 1. The molecule has 9 heteroatoms. The van der Waals surface area contributed by atoms with Gasteiger partial charge in [-0.15, -0.1) is 11.3 Å². The van der Waals surface area contributed by atoms with Gasteiger partial charge in [0.05, 0.1) is 34.0 Å². The van der Waals surface area contributed by atoms with E-state index in [2.05, 4.69) is 14.9 Å². The number of ether oxygens (including phenoxy) is 3. The highest BCUT2D eigenvalue weighted by Gasteiger charge is 2.25. The number of carbonyl (C=O) groups excluding carboxylic acids is 1. The molecule has 0 saturated carbocycles. The molecule has 4 aromatic rings. The molecular weight excluding hydrogens is 493 g/mol. The first-order chi connectivity index (χ1) is 18.0. The van der Waals surface area contributed by atoms with Gasteiger partial charge in [-0.3, -0.25) is 14.8 Å². The van der Waals surface area contributed by atoms with Crippen LogP contribution in [0.1, 0.15) is 23.8 Å². The number of hydrogen-bond acceptors (Lipinski definition) is 8. The standard InChI is InChI=1S/C28H26FN3O4S/c1-32-15-18(16-32)11-20(33)10-17-2-5-24(21(29)12-17)36-25-6-7-30-23-13-26(37-27(23)25)22-4-3-19(14-31-22)28-34-8-9-35-28/h2-7,12-14,18,28H,8-11,15-16H2,1H3. The normalized spacial score (nSPS) is 16.8. The van der Waals surface area contributed by atoms with Crippen LogP contribution in [0.5, 0.6) is 11.5 Å². The Bertz CT molecular complexity index is 1430. The Morgan fingerprint density at radius 1 is 1.11 bits per heavy atom. The number of ketones is 1. The van der Waals surface area contributed by atoms with E-state index in [1.54, 1.807) is 30.6 Å². The van der Waals surface area contributed by atoms with Crippen LogP contribution in [0, 0.1) is 11.7 Å². The summed E-state index contributed by atoms with van der Waals surface area (Å²) in [4.78, 5) is 24.5. The Morgan fingerprint density at radius 2 is 1.95 bits per heavy atom. The van der Waals surface area contributed by atoms with Crippen LogP contribution in [-0.4, -0.2) is 54.0 Å². The number of halogens is 1. The van der Waals surface area contributed by atoms with E-state index in [1.165, 1.54) is 17.4 Å². The maximum atomic E-state index is 14.9. The average molecular weight is 520 g/mol. The van der Waals surface area contributed by atoms with E-state index >= 15 is 0 Å². The second-order valence-corrected chi connectivity index (χ2v) is 10.6. The third-order valence-electron chi connectivity index (χ3n) is 6.58. The minimum Gasteiger partial charge on any atom is -0.453 e. The molecule has 5 heterocycles. The molecule has 3 aromatic heterocycles. The Balaban J connectivity index is 1.17. The summed E-state index contributed by atoms with van der Waals surface area (Å²) >= 11 is 1.48. The van der Waals surface area contributed by atoms with E-state index < -0.39 is 5.82 Å². The molecule has 0 spiro atoms. The summed E-state index contributed by atoms with van der Waals surface area (Å²) in [6.07, 6.45) is 3.81. The lowest BCUT2D eigenvalue weighted by Gasteiger charge is -2.35. The lowest BCUT2D eigenvalue weighted by Crippen LogP contribution is -2.44. The topological polar surface area (TPSA) is 73.8 Å². The van der Waals surface area contributed by atoms with Crippen molar-refractivity contribution in [3.63, 3.8) is 0 Å². The minimum absolute atomic E-state index is 0.110. The maximum absolute atomic E-state index is 14.9. The van der Waals surface area contributed by atoms with E-state index in [0.29, 0.717) is 36.9 Å². The van der Waals surface area contributed by atoms with Crippen molar-refractivity contribution in [2.24, 2.45) is 5.92 Å². The fraction of sp³-hybridized carbons (Fsp3) is 0.321. The lowest BCUT2D eigenvalue weighted by atomic mass is 9.92. The van der Waals surface area contributed by atoms with Gasteiger partial charge in [-0.05, 0) is 42.8 Å². The highest BCUT2D eigenvalue weighted by molar-refractivity contribution is 7.22. The number of benzene rings is 1. The average Bonchev–Trinajstić information content (AvgIpc) is 3.56. The van der Waals surface area contributed by atoms with Crippen LogP contribution >= 0.6 is 11.3 Å². The molecule has 0 amide bonds. The van der Waals surface area contributed by atoms with Gasteiger partial charge in [-0.25, -0.2) is 4.39 Å². The van der Waals surface area contributed by atoms with Gasteiger partial charge in [0.15, 0.2) is 17.9 Å². The molecule has 1 aromatic carbocycles. The number of fused-ring (bicyclic) bond motifs is 1. The van der Waals surface area contributed by atoms with Crippen molar-refractivity contribution in [1.29, 1.82) is 0 Å². The summed E-state index contributed by atoms with van der Waals surface area (Å²) in [5.74, 6) is 0.682. The third-order valence-corrected chi connectivity index (χ3v) is 7.74. The Morgan fingerprint density at radius 3 is 2.68 bits per heavy atom. The number of likely N-dealkylation sites (tertiary alicyclic amines) is 1. The minimum atomic E-state index is -0.496. The fourth-order valence-corrected chi connectivity index (χ4v) is 5.84. The number of rotatable bonds is 8. The molecule has 37 heavy (non-hydrogen) atoms. The van der Waals surface area contributed by atoms with Crippen molar-refractivity contribution in [2.75, 3.05) is 33.4 Å². The monoisotopic (exact) mass is 519 g/mol. The molecule has 0 aliphatic carbocycles. The zero-order chi connectivity index (χ0) is 25.4. The van der Waals surface area contributed by atoms with Gasteiger partial charge < -0.3 is 19.1 Å². The smallest absolute Gasteiger partial charge is 0.185 e. The van der Waals surface area contributed by atoms with Gasteiger partial charge in [0.2, 0.25) is 0 Å². The Kier molecular flexibility index (Phi) is 6.69. The summed E-state index contributed by atoms with van der Waals surface area (Å²) in [5, 5.41) is 0. The van der Waals surface area contributed by atoms with Gasteiger partial charge in [0.25, 0.3) is 0 Å². The van der Waals surface area contributed by atoms with Crippen molar-refractivity contribution in [3.05, 3.63) is 71.8 Å². The summed E-state index contributed by atoms with van der Waals surface area (Å²) < 4.78 is 32.8. The van der Waals surface area contributed by atoms with Crippen LogP contribution in [-0.2, 0) is 20.7 Å². The molecule has 7 nitrogen and oxygen atoms in total. The van der Waals surface area contributed by atoms with Crippen molar-refractivity contribution in [1.82, 2.24) is 14.9 Å². The molecule has 190 valence electrons. The molecule has 0 bridgehead atoms. The first-order valence-electron chi connectivity index (χ1n) is 12.3. The highest BCUT2D eigenvalue weighted by atomic mass is 32.1. The molecule has 0 radical (unpaired) electrons. The molecule has 0 N–H and O–H groups in total. The van der Waals surface area contributed by atoms with Gasteiger partial charge in [-0.1, -0.05) is 12.1 Å². The lowest BCUT2D eigenvalue weighted by molar-refractivity contribution is -0.120. The highest BCUT2D eigenvalue weighted by Crippen LogP contribution is 2.39. The van der Waals surface area contributed by atoms with Crippen LogP contribution in [0.4, 0.5) is 4.39 Å². The third kappa shape index (κ3) is 5.26. The summed E-state index contributed by atoms with van der Waals surface area (Å²) in [5.41, 5.74) is 3.07. The molecule has 0 unspecified atom stereocenters. The molecule has 0 atom stereocenters. The number of pyridine rings is 2. The summed E-state index contributed by atoms with van der Waals surface area (Å²) in [6.45, 7) is 3.06. The van der Waals surface area contributed by atoms with Crippen LogP contribution in [0.2, 0.25) is 0 Å². The maximum Gasteiger partial charge on any atom is 0.185 e.